The van der Waals surface area contributed by atoms with Gasteiger partial charge >= 0.3 is 0 Å². The minimum absolute atomic E-state index is 0.172. The Morgan fingerprint density at radius 3 is 2.95 bits per heavy atom. The first-order chi connectivity index (χ1) is 10.1. The van der Waals surface area contributed by atoms with Crippen LogP contribution in [0, 0.1) is 5.92 Å². The first-order valence-electron chi connectivity index (χ1n) is 7.33. The third kappa shape index (κ3) is 2.19. The summed E-state index contributed by atoms with van der Waals surface area (Å²) in [6.45, 7) is 2.35. The second-order valence-corrected chi connectivity index (χ2v) is 6.17. The Morgan fingerprint density at radius 2 is 2.24 bits per heavy atom. The van der Waals surface area contributed by atoms with E-state index in [-0.39, 0.29) is 12.0 Å². The number of hydrogen-bond acceptors (Lipinski definition) is 4. The molecule has 0 aromatic heterocycles. The zero-order valence-electron chi connectivity index (χ0n) is 12.1. The minimum Gasteiger partial charge on any atom is -0.428 e. The van der Waals surface area contributed by atoms with Crippen LogP contribution in [-0.4, -0.2) is 22.8 Å². The van der Waals surface area contributed by atoms with E-state index < -0.39 is 6.10 Å². The Bertz CT molecular complexity index is 593. The highest BCUT2D eigenvalue weighted by Crippen LogP contribution is 2.50. The van der Waals surface area contributed by atoms with Gasteiger partial charge in [-0.3, -0.25) is 4.79 Å². The van der Waals surface area contributed by atoms with Crippen LogP contribution in [0.3, 0.4) is 0 Å². The van der Waals surface area contributed by atoms with Crippen LogP contribution in [0.5, 0.6) is 5.75 Å². The van der Waals surface area contributed by atoms with E-state index >= 15 is 0 Å². The lowest BCUT2D eigenvalue weighted by Gasteiger charge is -2.46. The standard InChI is InChI=1S/C17H20O4/c1-17-8-13(20)6-5-12(17)4-2-11-3-7-15(21-10-19)14(9-18)16(11)17/h3,5-7,10,12-13,18,20H,2,4,8-9H2,1H3/t12?,13?,17-/m0/s1. The van der Waals surface area contributed by atoms with Crippen molar-refractivity contribution in [3.8, 4) is 5.75 Å². The molecule has 1 aromatic carbocycles. The lowest BCUT2D eigenvalue weighted by atomic mass is 9.59. The summed E-state index contributed by atoms with van der Waals surface area (Å²) in [4.78, 5) is 10.7. The average Bonchev–Trinajstić information content (AvgIpc) is 2.46. The second-order valence-electron chi connectivity index (χ2n) is 6.17. The number of aryl methyl sites for hydroxylation is 1. The van der Waals surface area contributed by atoms with Gasteiger partial charge in [0, 0.05) is 11.0 Å². The fourth-order valence-electron chi connectivity index (χ4n) is 4.06. The topological polar surface area (TPSA) is 66.8 Å². The summed E-state index contributed by atoms with van der Waals surface area (Å²) in [7, 11) is 0. The Balaban J connectivity index is 2.19. The number of rotatable bonds is 3. The van der Waals surface area contributed by atoms with Gasteiger partial charge in [-0.2, -0.15) is 0 Å². The minimum atomic E-state index is -0.473. The highest BCUT2D eigenvalue weighted by atomic mass is 16.5. The van der Waals surface area contributed by atoms with Crippen LogP contribution >= 0.6 is 0 Å². The highest BCUT2D eigenvalue weighted by Gasteiger charge is 2.44. The molecule has 0 bridgehead atoms. The molecule has 4 heteroatoms. The molecule has 0 aliphatic heterocycles. The predicted molar refractivity (Wildman–Crippen MR) is 78.0 cm³/mol. The maximum atomic E-state index is 10.7. The fraction of sp³-hybridized carbons (Fsp3) is 0.471. The summed E-state index contributed by atoms with van der Waals surface area (Å²) >= 11 is 0. The maximum Gasteiger partial charge on any atom is 0.298 e. The number of ether oxygens (including phenoxy) is 1. The van der Waals surface area contributed by atoms with Gasteiger partial charge in [-0.1, -0.05) is 25.1 Å². The van der Waals surface area contributed by atoms with Crippen molar-refractivity contribution in [1.82, 2.24) is 0 Å². The summed E-state index contributed by atoms with van der Waals surface area (Å²) < 4.78 is 5.02. The van der Waals surface area contributed by atoms with Gasteiger partial charge in [-0.05, 0) is 42.4 Å². The fourth-order valence-corrected chi connectivity index (χ4v) is 4.06. The quantitative estimate of drug-likeness (QED) is 0.658. The number of allylic oxidation sites excluding steroid dienone is 1. The highest BCUT2D eigenvalue weighted by molar-refractivity contribution is 5.55. The molecule has 3 rings (SSSR count). The van der Waals surface area contributed by atoms with Crippen LogP contribution in [0.4, 0.5) is 0 Å². The van der Waals surface area contributed by atoms with E-state index in [1.807, 2.05) is 12.1 Å². The van der Waals surface area contributed by atoms with Crippen molar-refractivity contribution in [1.29, 1.82) is 0 Å². The van der Waals surface area contributed by atoms with E-state index in [9.17, 15) is 15.0 Å². The van der Waals surface area contributed by atoms with Crippen LogP contribution in [0.15, 0.2) is 24.3 Å². The van der Waals surface area contributed by atoms with Gasteiger partial charge in [0.25, 0.3) is 6.47 Å². The summed E-state index contributed by atoms with van der Waals surface area (Å²) in [6, 6.07) is 3.72. The van der Waals surface area contributed by atoms with E-state index in [0.29, 0.717) is 30.1 Å². The van der Waals surface area contributed by atoms with Gasteiger partial charge in [0.2, 0.25) is 0 Å². The molecule has 0 radical (unpaired) electrons. The molecule has 1 aromatic rings. The molecule has 4 nitrogen and oxygen atoms in total. The number of carbonyl (C=O) groups excluding carboxylic acids is 1. The molecular weight excluding hydrogens is 268 g/mol. The summed E-state index contributed by atoms with van der Waals surface area (Å²) in [5.74, 6) is 0.752. The Hall–Kier alpha value is -1.65. The molecule has 0 saturated carbocycles. The lowest BCUT2D eigenvalue weighted by molar-refractivity contribution is -0.120. The van der Waals surface area contributed by atoms with Gasteiger partial charge in [-0.15, -0.1) is 0 Å². The molecule has 0 spiro atoms. The third-order valence-electron chi connectivity index (χ3n) is 5.00. The molecule has 2 aliphatic carbocycles. The van der Waals surface area contributed by atoms with Gasteiger partial charge in [0.15, 0.2) is 0 Å². The van der Waals surface area contributed by atoms with Crippen LogP contribution < -0.4 is 4.74 Å². The van der Waals surface area contributed by atoms with Crippen molar-refractivity contribution in [2.24, 2.45) is 5.92 Å². The van der Waals surface area contributed by atoms with E-state index in [1.54, 1.807) is 6.07 Å². The Morgan fingerprint density at radius 1 is 1.43 bits per heavy atom. The van der Waals surface area contributed by atoms with Crippen LogP contribution in [-0.2, 0) is 23.2 Å². The predicted octanol–water partition coefficient (Wildman–Crippen LogP) is 1.85. The number of fused-ring (bicyclic) bond motifs is 3. The van der Waals surface area contributed by atoms with Crippen molar-refractivity contribution >= 4 is 6.47 Å². The largest absolute Gasteiger partial charge is 0.428 e. The SMILES string of the molecule is C[C@]12CC(O)C=CC1CCc1ccc(OC=O)c(CO)c12. The van der Waals surface area contributed by atoms with E-state index in [0.717, 1.165) is 18.4 Å². The van der Waals surface area contributed by atoms with E-state index in [1.165, 1.54) is 5.56 Å². The lowest BCUT2D eigenvalue weighted by Crippen LogP contribution is -2.42. The maximum absolute atomic E-state index is 10.7. The molecule has 2 N–H and O–H groups in total. The number of aliphatic hydroxyl groups excluding tert-OH is 2. The van der Waals surface area contributed by atoms with Crippen molar-refractivity contribution in [2.75, 3.05) is 0 Å². The normalized spacial score (nSPS) is 30.4. The Labute approximate surface area is 124 Å². The Kier molecular flexibility index (Phi) is 3.59. The molecule has 0 saturated heterocycles. The van der Waals surface area contributed by atoms with Gasteiger partial charge in [0.1, 0.15) is 5.75 Å². The van der Waals surface area contributed by atoms with Crippen molar-refractivity contribution in [2.45, 2.75) is 44.3 Å². The van der Waals surface area contributed by atoms with Crippen molar-refractivity contribution in [3.63, 3.8) is 0 Å². The van der Waals surface area contributed by atoms with E-state index in [2.05, 4.69) is 13.0 Å². The zero-order chi connectivity index (χ0) is 15.0. The number of carbonyl (C=O) groups is 1. The number of aliphatic hydroxyl groups is 2. The van der Waals surface area contributed by atoms with Crippen LogP contribution in [0.1, 0.15) is 36.5 Å². The number of benzene rings is 1. The molecule has 21 heavy (non-hydrogen) atoms. The summed E-state index contributed by atoms with van der Waals surface area (Å²) in [5, 5.41) is 19.8. The molecule has 2 aliphatic rings. The van der Waals surface area contributed by atoms with Gasteiger partial charge in [0.05, 0.1) is 12.7 Å². The molecule has 112 valence electrons. The molecule has 0 amide bonds. The second kappa shape index (κ2) is 5.28. The smallest absolute Gasteiger partial charge is 0.298 e. The molecular formula is C17H20O4. The molecule has 3 atom stereocenters. The van der Waals surface area contributed by atoms with Gasteiger partial charge < -0.3 is 14.9 Å². The summed E-state index contributed by atoms with van der Waals surface area (Å²) in [5.41, 5.74) is 2.67. The van der Waals surface area contributed by atoms with Gasteiger partial charge in [-0.25, -0.2) is 0 Å². The van der Waals surface area contributed by atoms with Crippen molar-refractivity contribution < 1.29 is 19.7 Å². The third-order valence-corrected chi connectivity index (χ3v) is 5.00. The number of hydrogen-bond donors (Lipinski definition) is 2. The first-order valence-corrected chi connectivity index (χ1v) is 7.33. The molecule has 0 fully saturated rings. The zero-order valence-corrected chi connectivity index (χ0v) is 12.1. The molecule has 2 unspecified atom stereocenters. The first kappa shape index (κ1) is 14.3. The molecule has 0 heterocycles. The summed E-state index contributed by atoms with van der Waals surface area (Å²) in [6.07, 6.45) is 6.07. The van der Waals surface area contributed by atoms with E-state index in [4.69, 9.17) is 4.74 Å². The van der Waals surface area contributed by atoms with Crippen LogP contribution in [0.25, 0.3) is 0 Å². The van der Waals surface area contributed by atoms with Crippen LogP contribution in [0.2, 0.25) is 0 Å². The monoisotopic (exact) mass is 288 g/mol. The average molecular weight is 288 g/mol. The van der Waals surface area contributed by atoms with Crippen molar-refractivity contribution in [3.05, 3.63) is 41.0 Å².